The molecule has 0 radical (unpaired) electrons. The Hall–Kier alpha value is -2.04. The fraction of sp³-hybridized carbons (Fsp3) is 0.533. The van der Waals surface area contributed by atoms with Gasteiger partial charge in [-0.15, -0.1) is 0 Å². The van der Waals surface area contributed by atoms with Crippen LogP contribution < -0.4 is 10.6 Å². The molecule has 10 heteroatoms. The number of benzene rings is 1. The summed E-state index contributed by atoms with van der Waals surface area (Å²) in [6.45, 7) is 5.11. The molecule has 2 rings (SSSR count). The molecule has 0 bridgehead atoms. The molecule has 1 aromatic rings. The predicted octanol–water partition coefficient (Wildman–Crippen LogP) is 0.0234. The largest absolute Gasteiger partial charge is 0.352 e. The van der Waals surface area contributed by atoms with Crippen LogP contribution in [0.3, 0.4) is 0 Å². The van der Waals surface area contributed by atoms with Gasteiger partial charge in [0.05, 0.1) is 9.82 Å². The molecule has 2 N–H and O–H groups in total. The third-order valence-electron chi connectivity index (χ3n) is 3.94. The Morgan fingerprint density at radius 2 is 2.00 bits per heavy atom. The molecule has 138 valence electrons. The van der Waals surface area contributed by atoms with Crippen LogP contribution in [0.2, 0.25) is 0 Å². The number of hydrogen-bond acceptors (Lipinski definition) is 7. The monoisotopic (exact) mass is 370 g/mol. The van der Waals surface area contributed by atoms with Crippen LogP contribution in [0, 0.1) is 10.1 Å². The molecule has 1 fully saturated rings. The second-order valence-electron chi connectivity index (χ2n) is 5.95. The van der Waals surface area contributed by atoms with Gasteiger partial charge in [-0.3, -0.25) is 14.9 Å². The van der Waals surface area contributed by atoms with Crippen LogP contribution in [0.15, 0.2) is 23.1 Å². The summed E-state index contributed by atoms with van der Waals surface area (Å²) in [5, 5.41) is 16.9. The van der Waals surface area contributed by atoms with E-state index in [1.807, 2.05) is 0 Å². The lowest BCUT2D eigenvalue weighted by atomic mass is 10.2. The number of non-ortho nitro benzene ring substituents is 1. The zero-order chi connectivity index (χ0) is 18.4. The maximum Gasteiger partial charge on any atom is 0.271 e. The van der Waals surface area contributed by atoms with Crippen LogP contribution in [0.4, 0.5) is 5.69 Å². The third-order valence-corrected chi connectivity index (χ3v) is 5.03. The number of carbonyl (C=O) groups is 1. The molecular weight excluding hydrogens is 348 g/mol. The van der Waals surface area contributed by atoms with Crippen molar-refractivity contribution in [2.45, 2.75) is 11.3 Å². The van der Waals surface area contributed by atoms with Crippen molar-refractivity contribution in [3.05, 3.63) is 33.9 Å². The topological polar surface area (TPSA) is 122 Å². The summed E-state index contributed by atoms with van der Waals surface area (Å²) in [7, 11) is -3.65. The maximum absolute atomic E-state index is 12.2. The zero-order valence-electron chi connectivity index (χ0n) is 14.0. The van der Waals surface area contributed by atoms with E-state index in [0.717, 1.165) is 63.6 Å². The molecule has 0 aliphatic carbocycles. The molecule has 9 nitrogen and oxygen atoms in total. The second kappa shape index (κ2) is 8.37. The van der Waals surface area contributed by atoms with Crippen LogP contribution in [-0.2, 0) is 9.84 Å². The highest BCUT2D eigenvalue weighted by Crippen LogP contribution is 2.20. The number of nitrogens with one attached hydrogen (secondary N) is 2. The first-order valence-corrected chi connectivity index (χ1v) is 9.87. The van der Waals surface area contributed by atoms with E-state index >= 15 is 0 Å². The summed E-state index contributed by atoms with van der Waals surface area (Å²) < 4.78 is 23.3. The van der Waals surface area contributed by atoms with Gasteiger partial charge < -0.3 is 15.5 Å². The Kier molecular flexibility index (Phi) is 6.45. The van der Waals surface area contributed by atoms with Gasteiger partial charge in [0, 0.05) is 56.7 Å². The first-order chi connectivity index (χ1) is 11.8. The van der Waals surface area contributed by atoms with Crippen molar-refractivity contribution < 1.29 is 18.1 Å². The Bertz CT molecular complexity index is 744. The van der Waals surface area contributed by atoms with E-state index in [0.29, 0.717) is 6.54 Å². The number of carbonyl (C=O) groups excluding carboxylic acids is 1. The predicted molar refractivity (Wildman–Crippen MR) is 92.5 cm³/mol. The minimum absolute atomic E-state index is 0.0307. The van der Waals surface area contributed by atoms with Crippen molar-refractivity contribution in [2.24, 2.45) is 0 Å². The van der Waals surface area contributed by atoms with Crippen molar-refractivity contribution in [1.29, 1.82) is 0 Å². The SMILES string of the molecule is CS(=O)(=O)c1cc(C(=O)NCCCN2CCNCC2)cc([N+](=O)[O-])c1. The van der Waals surface area contributed by atoms with Gasteiger partial charge in [-0.2, -0.15) is 0 Å². The van der Waals surface area contributed by atoms with Gasteiger partial charge in [0.15, 0.2) is 9.84 Å². The van der Waals surface area contributed by atoms with Crippen LogP contribution in [0.1, 0.15) is 16.8 Å². The van der Waals surface area contributed by atoms with Crippen LogP contribution in [0.25, 0.3) is 0 Å². The lowest BCUT2D eigenvalue weighted by Crippen LogP contribution is -2.44. The molecule has 0 aromatic heterocycles. The summed E-state index contributed by atoms with van der Waals surface area (Å²) in [4.78, 5) is 24.5. The molecule has 1 saturated heterocycles. The maximum atomic E-state index is 12.2. The van der Waals surface area contributed by atoms with Gasteiger partial charge in [0.1, 0.15) is 0 Å². The number of rotatable bonds is 7. The Balaban J connectivity index is 1.98. The molecule has 0 atom stereocenters. The normalized spacial score (nSPS) is 15.7. The van der Waals surface area contributed by atoms with E-state index in [2.05, 4.69) is 15.5 Å². The molecule has 25 heavy (non-hydrogen) atoms. The van der Waals surface area contributed by atoms with E-state index in [-0.39, 0.29) is 10.5 Å². The molecule has 0 unspecified atom stereocenters. The van der Waals surface area contributed by atoms with Crippen molar-refractivity contribution in [3.8, 4) is 0 Å². The van der Waals surface area contributed by atoms with Crippen molar-refractivity contribution in [3.63, 3.8) is 0 Å². The summed E-state index contributed by atoms with van der Waals surface area (Å²) >= 11 is 0. The van der Waals surface area contributed by atoms with Gasteiger partial charge in [-0.1, -0.05) is 0 Å². The molecular formula is C15H22N4O5S. The number of nitro groups is 1. The Morgan fingerprint density at radius 3 is 2.60 bits per heavy atom. The van der Waals surface area contributed by atoms with Gasteiger partial charge in [-0.05, 0) is 19.0 Å². The number of amides is 1. The lowest BCUT2D eigenvalue weighted by molar-refractivity contribution is -0.385. The minimum atomic E-state index is -3.65. The quantitative estimate of drug-likeness (QED) is 0.394. The van der Waals surface area contributed by atoms with Crippen molar-refractivity contribution in [1.82, 2.24) is 15.5 Å². The highest BCUT2D eigenvalue weighted by molar-refractivity contribution is 7.90. The summed E-state index contributed by atoms with van der Waals surface area (Å²) in [6.07, 6.45) is 1.70. The van der Waals surface area contributed by atoms with Crippen LogP contribution in [-0.4, -0.2) is 69.7 Å². The molecule has 1 heterocycles. The standard InChI is InChI=1S/C15H22N4O5S/c1-25(23,24)14-10-12(9-13(11-14)19(21)22)15(20)17-3-2-6-18-7-4-16-5-8-18/h9-11,16H,2-8H2,1H3,(H,17,20). The molecule has 1 aliphatic heterocycles. The second-order valence-corrected chi connectivity index (χ2v) is 7.96. The number of nitrogens with zero attached hydrogens (tertiary/aromatic N) is 2. The highest BCUT2D eigenvalue weighted by Gasteiger charge is 2.19. The number of piperazine rings is 1. The van der Waals surface area contributed by atoms with Crippen LogP contribution >= 0.6 is 0 Å². The fourth-order valence-electron chi connectivity index (χ4n) is 2.58. The van der Waals surface area contributed by atoms with E-state index in [1.165, 1.54) is 0 Å². The van der Waals surface area contributed by atoms with E-state index in [9.17, 15) is 23.3 Å². The summed E-state index contributed by atoms with van der Waals surface area (Å²) in [5.74, 6) is -0.520. The highest BCUT2D eigenvalue weighted by atomic mass is 32.2. The summed E-state index contributed by atoms with van der Waals surface area (Å²) in [5.41, 5.74) is -0.453. The molecule has 0 saturated carbocycles. The number of nitro benzene ring substituents is 1. The molecule has 0 spiro atoms. The number of sulfone groups is 1. The van der Waals surface area contributed by atoms with Gasteiger partial charge in [-0.25, -0.2) is 8.42 Å². The first-order valence-electron chi connectivity index (χ1n) is 7.98. The van der Waals surface area contributed by atoms with Gasteiger partial charge >= 0.3 is 0 Å². The van der Waals surface area contributed by atoms with Crippen molar-refractivity contribution >= 4 is 21.4 Å². The fourth-order valence-corrected chi connectivity index (χ4v) is 3.25. The van der Waals surface area contributed by atoms with Crippen LogP contribution in [0.5, 0.6) is 0 Å². The lowest BCUT2D eigenvalue weighted by Gasteiger charge is -2.27. The molecule has 1 aliphatic rings. The van der Waals surface area contributed by atoms with E-state index in [1.54, 1.807) is 0 Å². The molecule has 1 aromatic carbocycles. The van der Waals surface area contributed by atoms with Gasteiger partial charge in [0.2, 0.25) is 0 Å². The first kappa shape index (κ1) is 19.3. The Labute approximate surface area is 146 Å². The average Bonchev–Trinajstić information content (AvgIpc) is 2.58. The average molecular weight is 370 g/mol. The summed E-state index contributed by atoms with van der Waals surface area (Å²) in [6, 6.07) is 3.20. The smallest absolute Gasteiger partial charge is 0.271 e. The van der Waals surface area contributed by atoms with E-state index in [4.69, 9.17) is 0 Å². The Morgan fingerprint density at radius 1 is 1.32 bits per heavy atom. The number of hydrogen-bond donors (Lipinski definition) is 2. The van der Waals surface area contributed by atoms with E-state index < -0.39 is 26.4 Å². The zero-order valence-corrected chi connectivity index (χ0v) is 14.8. The van der Waals surface area contributed by atoms with Gasteiger partial charge in [0.25, 0.3) is 11.6 Å². The minimum Gasteiger partial charge on any atom is -0.352 e. The third kappa shape index (κ3) is 5.76. The molecule has 1 amide bonds. The van der Waals surface area contributed by atoms with Crippen molar-refractivity contribution in [2.75, 3.05) is 45.5 Å².